The van der Waals surface area contributed by atoms with Crippen molar-refractivity contribution in [1.82, 2.24) is 19.9 Å². The number of aromatic nitrogens is 3. The fourth-order valence-corrected chi connectivity index (χ4v) is 4.54. The maximum absolute atomic E-state index is 9.22. The second-order valence-electron chi connectivity index (χ2n) is 8.29. The van der Waals surface area contributed by atoms with Crippen LogP contribution in [0.3, 0.4) is 0 Å². The van der Waals surface area contributed by atoms with Gasteiger partial charge < -0.3 is 10.3 Å². The highest BCUT2D eigenvalue weighted by Gasteiger charge is 2.21. The Balaban J connectivity index is 1.23. The number of aromatic amines is 1. The summed E-state index contributed by atoms with van der Waals surface area (Å²) in [5, 5.41) is 23.7. The summed E-state index contributed by atoms with van der Waals surface area (Å²) >= 11 is 6.45. The number of halogens is 1. The van der Waals surface area contributed by atoms with Crippen LogP contribution in [0.2, 0.25) is 5.02 Å². The van der Waals surface area contributed by atoms with Crippen molar-refractivity contribution >= 4 is 34.1 Å². The Bertz CT molecular complexity index is 1250. The summed E-state index contributed by atoms with van der Waals surface area (Å²) < 4.78 is 0. The number of fused-ring (bicyclic) bond motifs is 1. The van der Waals surface area contributed by atoms with Gasteiger partial charge in [0.15, 0.2) is 0 Å². The van der Waals surface area contributed by atoms with Crippen LogP contribution in [0.4, 0.5) is 11.6 Å². The van der Waals surface area contributed by atoms with Gasteiger partial charge in [0.05, 0.1) is 22.6 Å². The number of para-hydroxylation sites is 1. The summed E-state index contributed by atoms with van der Waals surface area (Å²) in [6.45, 7) is 2.61. The minimum absolute atomic E-state index is 0.149. The highest BCUT2D eigenvalue weighted by molar-refractivity contribution is 6.33. The summed E-state index contributed by atoms with van der Waals surface area (Å²) in [5.74, 6) is 0.580. The molecular weight excluding hydrogens is 440 g/mol. The third-order valence-electron chi connectivity index (χ3n) is 6.06. The summed E-state index contributed by atoms with van der Waals surface area (Å²) in [5.41, 5.74) is 4.11. The van der Waals surface area contributed by atoms with E-state index in [0.717, 1.165) is 54.5 Å². The molecule has 33 heavy (non-hydrogen) atoms. The largest absolute Gasteiger partial charge is 0.360 e. The molecule has 0 atom stereocenters. The molecule has 2 aromatic carbocycles. The molecule has 4 aromatic rings. The molecule has 5 rings (SSSR count). The van der Waals surface area contributed by atoms with Crippen molar-refractivity contribution in [3.8, 4) is 11.3 Å². The summed E-state index contributed by atoms with van der Waals surface area (Å²) in [7, 11) is 0. The van der Waals surface area contributed by atoms with Crippen molar-refractivity contribution in [2.24, 2.45) is 0 Å². The Hall–Kier alpha value is -3.17. The van der Waals surface area contributed by atoms with E-state index in [1.807, 2.05) is 36.5 Å². The molecule has 0 saturated carbocycles. The summed E-state index contributed by atoms with van der Waals surface area (Å²) in [6, 6.07) is 15.6. The topological polar surface area (TPSA) is 101 Å². The molecular formula is C24H25ClN6O2. The molecule has 8 nitrogen and oxygen atoms in total. The Morgan fingerprint density at radius 1 is 1.12 bits per heavy atom. The molecule has 1 fully saturated rings. The molecule has 9 heteroatoms. The number of benzene rings is 2. The number of nitrogens with one attached hydrogen (secondary N) is 2. The number of H-pyrrole nitrogens is 1. The van der Waals surface area contributed by atoms with Gasteiger partial charge in [-0.2, -0.15) is 0 Å². The first-order chi connectivity index (χ1) is 16.1. The van der Waals surface area contributed by atoms with E-state index < -0.39 is 0 Å². The number of anilines is 2. The molecule has 0 unspecified atom stereocenters. The van der Waals surface area contributed by atoms with Gasteiger partial charge in [0.1, 0.15) is 0 Å². The minimum atomic E-state index is 0.149. The number of hydrogen-bond donors (Lipinski definition) is 4. The van der Waals surface area contributed by atoms with E-state index in [9.17, 15) is 10.4 Å². The van der Waals surface area contributed by atoms with Crippen LogP contribution < -0.4 is 10.5 Å². The van der Waals surface area contributed by atoms with Crippen LogP contribution in [-0.4, -0.2) is 49.4 Å². The average molecular weight is 465 g/mol. The first-order valence-corrected chi connectivity index (χ1v) is 11.3. The molecule has 0 radical (unpaired) electrons. The van der Waals surface area contributed by atoms with Gasteiger partial charge in [-0.25, -0.2) is 9.97 Å². The van der Waals surface area contributed by atoms with Crippen molar-refractivity contribution in [2.75, 3.05) is 23.6 Å². The minimum Gasteiger partial charge on any atom is -0.360 e. The van der Waals surface area contributed by atoms with E-state index >= 15 is 0 Å². The quantitative estimate of drug-likeness (QED) is 0.300. The number of likely N-dealkylation sites (tertiary alicyclic amines) is 1. The van der Waals surface area contributed by atoms with Gasteiger partial charge in [0, 0.05) is 48.3 Å². The lowest BCUT2D eigenvalue weighted by Gasteiger charge is -2.32. The van der Waals surface area contributed by atoms with Gasteiger partial charge in [-0.3, -0.25) is 15.3 Å². The number of nitrogens with zero attached hydrogens (tertiary/aromatic N) is 4. The van der Waals surface area contributed by atoms with Crippen molar-refractivity contribution in [3.63, 3.8) is 0 Å². The molecule has 1 saturated heterocycles. The smallest absolute Gasteiger partial charge is 0.223 e. The molecule has 170 valence electrons. The average Bonchev–Trinajstić information content (AvgIpc) is 3.26. The van der Waals surface area contributed by atoms with Gasteiger partial charge >= 0.3 is 0 Å². The molecule has 3 heterocycles. The zero-order chi connectivity index (χ0) is 22.8. The SMILES string of the molecule is ON(O)c1cccc(CN2CCC(Nc3ncc(Cl)c(-c4c[nH]c5ccccc45)n3)CC2)c1. The molecule has 0 spiro atoms. The van der Waals surface area contributed by atoms with E-state index in [1.54, 1.807) is 18.3 Å². The maximum Gasteiger partial charge on any atom is 0.223 e. The Kier molecular flexibility index (Phi) is 6.15. The van der Waals surface area contributed by atoms with Crippen LogP contribution in [0.5, 0.6) is 0 Å². The Morgan fingerprint density at radius 2 is 1.94 bits per heavy atom. The van der Waals surface area contributed by atoms with Gasteiger partial charge in [-0.05, 0) is 36.6 Å². The zero-order valence-electron chi connectivity index (χ0n) is 17.9. The summed E-state index contributed by atoms with van der Waals surface area (Å²) in [4.78, 5) is 14.8. The van der Waals surface area contributed by atoms with E-state index in [2.05, 4.69) is 26.3 Å². The first-order valence-electron chi connectivity index (χ1n) is 10.9. The number of hydrogen-bond acceptors (Lipinski definition) is 7. The molecule has 1 aliphatic rings. The molecule has 0 aliphatic carbocycles. The predicted molar refractivity (Wildman–Crippen MR) is 129 cm³/mol. The Labute approximate surface area is 196 Å². The van der Waals surface area contributed by atoms with Crippen LogP contribution in [0, 0.1) is 0 Å². The van der Waals surface area contributed by atoms with Gasteiger partial charge in [0.25, 0.3) is 0 Å². The second kappa shape index (κ2) is 9.36. The summed E-state index contributed by atoms with van der Waals surface area (Å²) in [6.07, 6.45) is 5.51. The fraction of sp³-hybridized carbons (Fsp3) is 0.250. The van der Waals surface area contributed by atoms with Gasteiger partial charge in [-0.15, -0.1) is 5.23 Å². The van der Waals surface area contributed by atoms with Crippen molar-refractivity contribution in [1.29, 1.82) is 0 Å². The first kappa shape index (κ1) is 21.7. The Morgan fingerprint density at radius 3 is 2.76 bits per heavy atom. The zero-order valence-corrected chi connectivity index (χ0v) is 18.7. The van der Waals surface area contributed by atoms with E-state index in [1.165, 1.54) is 0 Å². The molecule has 1 aliphatic heterocycles. The van der Waals surface area contributed by atoms with Crippen molar-refractivity contribution in [3.05, 3.63) is 71.5 Å². The van der Waals surface area contributed by atoms with Crippen molar-refractivity contribution < 1.29 is 10.4 Å². The van der Waals surface area contributed by atoms with E-state index in [4.69, 9.17) is 16.6 Å². The predicted octanol–water partition coefficient (Wildman–Crippen LogP) is 4.94. The third-order valence-corrected chi connectivity index (χ3v) is 6.33. The monoisotopic (exact) mass is 464 g/mol. The molecule has 4 N–H and O–H groups in total. The van der Waals surface area contributed by atoms with Crippen LogP contribution in [0.1, 0.15) is 18.4 Å². The van der Waals surface area contributed by atoms with Crippen LogP contribution in [0.15, 0.2) is 60.9 Å². The van der Waals surface area contributed by atoms with Crippen LogP contribution in [0.25, 0.3) is 22.2 Å². The number of rotatable bonds is 6. The maximum atomic E-state index is 9.22. The van der Waals surface area contributed by atoms with Crippen LogP contribution >= 0.6 is 11.6 Å². The second-order valence-corrected chi connectivity index (χ2v) is 8.70. The molecule has 0 bridgehead atoms. The van der Waals surface area contributed by atoms with Gasteiger partial charge in [0.2, 0.25) is 5.95 Å². The number of piperidine rings is 1. The molecule has 2 aromatic heterocycles. The van der Waals surface area contributed by atoms with Crippen molar-refractivity contribution in [2.45, 2.75) is 25.4 Å². The lowest BCUT2D eigenvalue weighted by atomic mass is 10.0. The van der Waals surface area contributed by atoms with Gasteiger partial charge in [-0.1, -0.05) is 41.9 Å². The van der Waals surface area contributed by atoms with E-state index in [0.29, 0.717) is 22.4 Å². The highest BCUT2D eigenvalue weighted by Crippen LogP contribution is 2.32. The lowest BCUT2D eigenvalue weighted by molar-refractivity contribution is 0.0291. The normalized spacial score (nSPS) is 15.1. The lowest BCUT2D eigenvalue weighted by Crippen LogP contribution is -2.39. The van der Waals surface area contributed by atoms with Crippen LogP contribution in [-0.2, 0) is 6.54 Å². The van der Waals surface area contributed by atoms with E-state index in [-0.39, 0.29) is 11.3 Å². The molecule has 0 amide bonds. The standard InChI is InChI=1S/C24H25ClN6O2/c25-21-14-27-24(29-23(21)20-13-26-22-7-2-1-6-19(20)22)28-17-8-10-30(11-9-17)15-16-4-3-5-18(12-16)31(32)33/h1-7,12-14,17,26,32-33H,8-11,15H2,(H,27,28,29). The third kappa shape index (κ3) is 4.79. The highest BCUT2D eigenvalue weighted by atomic mass is 35.5. The fourth-order valence-electron chi connectivity index (χ4n) is 4.35.